The van der Waals surface area contributed by atoms with Crippen LogP contribution in [0.2, 0.25) is 0 Å². The van der Waals surface area contributed by atoms with Gasteiger partial charge in [0.25, 0.3) is 5.82 Å². The molecule has 0 radical (unpaired) electrons. The fourth-order valence-corrected chi connectivity index (χ4v) is 1.59. The Bertz CT molecular complexity index is 513. The number of aromatic nitrogens is 2. The lowest BCUT2D eigenvalue weighted by Crippen LogP contribution is -2.45. The summed E-state index contributed by atoms with van der Waals surface area (Å²) in [6.07, 6.45) is 4.70. The molecule has 1 aromatic rings. The van der Waals surface area contributed by atoms with Gasteiger partial charge in [-0.15, -0.1) is 0 Å². The van der Waals surface area contributed by atoms with E-state index in [1.54, 1.807) is 19.9 Å². The molecular formula is C12H20N3O4+. The van der Waals surface area contributed by atoms with Crippen LogP contribution in [-0.4, -0.2) is 23.2 Å². The maximum absolute atomic E-state index is 11.3. The van der Waals surface area contributed by atoms with E-state index < -0.39 is 17.3 Å². The molecule has 0 amide bonds. The molecule has 3 N–H and O–H groups in total. The Hall–Kier alpha value is -1.89. The first-order valence-corrected chi connectivity index (χ1v) is 5.98. The van der Waals surface area contributed by atoms with Crippen LogP contribution in [0.15, 0.2) is 21.5 Å². The topological polar surface area (TPSA) is 102 Å². The van der Waals surface area contributed by atoms with Gasteiger partial charge in [-0.05, 0) is 13.3 Å². The highest BCUT2D eigenvalue weighted by molar-refractivity contribution is 5.80. The Labute approximate surface area is 111 Å². The Morgan fingerprint density at radius 1 is 1.58 bits per heavy atom. The fourth-order valence-electron chi connectivity index (χ4n) is 1.59. The highest BCUT2D eigenvalue weighted by atomic mass is 16.5. The van der Waals surface area contributed by atoms with Crippen molar-refractivity contribution in [3.8, 4) is 0 Å². The van der Waals surface area contributed by atoms with Gasteiger partial charge in [-0.3, -0.25) is 4.79 Å². The van der Waals surface area contributed by atoms with Crippen molar-refractivity contribution in [3.63, 3.8) is 0 Å². The number of allylic oxidation sites excluding steroid dienone is 1. The number of carbonyl (C=O) groups excluding carboxylic acids is 1. The van der Waals surface area contributed by atoms with Crippen LogP contribution in [0.5, 0.6) is 0 Å². The van der Waals surface area contributed by atoms with Crippen molar-refractivity contribution >= 4 is 5.97 Å². The van der Waals surface area contributed by atoms with Crippen molar-refractivity contribution < 1.29 is 19.2 Å². The van der Waals surface area contributed by atoms with E-state index in [4.69, 9.17) is 5.73 Å². The van der Waals surface area contributed by atoms with E-state index in [1.165, 1.54) is 11.7 Å². The first kappa shape index (κ1) is 15.2. The summed E-state index contributed by atoms with van der Waals surface area (Å²) < 4.78 is 10.7. The molecule has 1 aromatic heterocycles. The summed E-state index contributed by atoms with van der Waals surface area (Å²) in [5.74, 6) is -0.200. The minimum Gasteiger partial charge on any atom is -0.468 e. The molecule has 0 aliphatic carbocycles. The highest BCUT2D eigenvalue weighted by Crippen LogP contribution is 2.09. The molecule has 0 saturated heterocycles. The van der Waals surface area contributed by atoms with Gasteiger partial charge in [-0.1, -0.05) is 17.3 Å². The summed E-state index contributed by atoms with van der Waals surface area (Å²) in [4.78, 5) is 22.6. The predicted octanol–water partition coefficient (Wildman–Crippen LogP) is -0.209. The van der Waals surface area contributed by atoms with Crippen molar-refractivity contribution in [2.45, 2.75) is 38.8 Å². The number of nitrogens with zero attached hydrogens (tertiary/aromatic N) is 1. The van der Waals surface area contributed by atoms with Crippen molar-refractivity contribution in [2.75, 3.05) is 7.11 Å². The molecule has 0 aromatic carbocycles. The van der Waals surface area contributed by atoms with Crippen LogP contribution in [0.1, 0.15) is 25.6 Å². The molecule has 1 heterocycles. The Kier molecular flexibility index (Phi) is 5.05. The molecule has 1 unspecified atom stereocenters. The third kappa shape index (κ3) is 4.06. The van der Waals surface area contributed by atoms with Crippen LogP contribution >= 0.6 is 0 Å². The summed E-state index contributed by atoms with van der Waals surface area (Å²) in [6, 6.07) is 0. The van der Waals surface area contributed by atoms with Crippen LogP contribution in [0.3, 0.4) is 0 Å². The number of ether oxygens (including phenoxy) is 1. The van der Waals surface area contributed by atoms with Crippen molar-refractivity contribution in [1.82, 2.24) is 4.57 Å². The highest BCUT2D eigenvalue weighted by Gasteiger charge is 2.27. The quantitative estimate of drug-likeness (QED) is 0.569. The second-order valence-electron chi connectivity index (χ2n) is 4.58. The summed E-state index contributed by atoms with van der Waals surface area (Å²) in [5.41, 5.74) is 4.77. The second kappa shape index (κ2) is 6.33. The zero-order valence-corrected chi connectivity index (χ0v) is 11.4. The molecule has 1 rings (SSSR count). The third-order valence-electron chi connectivity index (χ3n) is 2.79. The number of H-pyrrole nitrogens is 1. The first-order valence-electron chi connectivity index (χ1n) is 5.98. The van der Waals surface area contributed by atoms with E-state index in [1.807, 2.05) is 6.08 Å². The monoisotopic (exact) mass is 270 g/mol. The van der Waals surface area contributed by atoms with Crippen LogP contribution < -0.4 is 16.6 Å². The Balaban J connectivity index is 2.44. The standard InChI is InChI=1S/C12H19N3O4/c1-9-14-19-11(17)15(9)8-6-4-5-7-12(2,13)10(16)18-3/h4-5H,6-8,13H2,1-3H3/p+1. The van der Waals surface area contributed by atoms with E-state index >= 15 is 0 Å². The lowest BCUT2D eigenvalue weighted by molar-refractivity contribution is -0.618. The number of nitrogens with one attached hydrogen (secondary N) is 1. The number of hydrogen-bond acceptors (Lipinski definition) is 5. The molecule has 19 heavy (non-hydrogen) atoms. The first-order chi connectivity index (χ1) is 8.88. The summed E-state index contributed by atoms with van der Waals surface area (Å²) in [6.45, 7) is 3.87. The maximum Gasteiger partial charge on any atom is 0.549 e. The van der Waals surface area contributed by atoms with Gasteiger partial charge in [0.1, 0.15) is 12.1 Å². The molecule has 1 atom stereocenters. The Morgan fingerprint density at radius 3 is 2.79 bits per heavy atom. The molecule has 7 nitrogen and oxygen atoms in total. The molecular weight excluding hydrogens is 250 g/mol. The van der Waals surface area contributed by atoms with Crippen molar-refractivity contribution in [1.29, 1.82) is 0 Å². The van der Waals surface area contributed by atoms with Gasteiger partial charge >= 0.3 is 11.7 Å². The smallest absolute Gasteiger partial charge is 0.468 e. The summed E-state index contributed by atoms with van der Waals surface area (Å²) >= 11 is 0. The molecule has 0 fully saturated rings. The molecule has 0 aliphatic heterocycles. The van der Waals surface area contributed by atoms with E-state index in [-0.39, 0.29) is 0 Å². The average molecular weight is 270 g/mol. The zero-order chi connectivity index (χ0) is 14.5. The number of aromatic amines is 1. The number of aryl methyl sites for hydroxylation is 1. The molecule has 106 valence electrons. The average Bonchev–Trinajstić information content (AvgIpc) is 2.68. The molecule has 0 bridgehead atoms. The van der Waals surface area contributed by atoms with Gasteiger partial charge in [0.05, 0.1) is 7.11 Å². The Morgan fingerprint density at radius 2 is 2.26 bits per heavy atom. The van der Waals surface area contributed by atoms with Gasteiger partial charge in [-0.25, -0.2) is 4.52 Å². The van der Waals surface area contributed by atoms with Crippen LogP contribution in [0, 0.1) is 6.92 Å². The van der Waals surface area contributed by atoms with Crippen LogP contribution in [-0.2, 0) is 16.1 Å². The van der Waals surface area contributed by atoms with E-state index in [0.717, 1.165) is 0 Å². The minimum absolute atomic E-state index is 0.380. The maximum atomic E-state index is 11.3. The summed E-state index contributed by atoms with van der Waals surface area (Å²) in [7, 11) is 1.31. The van der Waals surface area contributed by atoms with E-state index in [2.05, 4.69) is 14.4 Å². The van der Waals surface area contributed by atoms with E-state index in [0.29, 0.717) is 25.2 Å². The second-order valence-corrected chi connectivity index (χ2v) is 4.58. The molecule has 0 aliphatic rings. The number of rotatable bonds is 6. The van der Waals surface area contributed by atoms with Crippen LogP contribution in [0.4, 0.5) is 0 Å². The van der Waals surface area contributed by atoms with Crippen molar-refractivity contribution in [3.05, 3.63) is 28.5 Å². The number of esters is 1. The van der Waals surface area contributed by atoms with Crippen LogP contribution in [0.25, 0.3) is 0 Å². The minimum atomic E-state index is -1.03. The number of nitrogens with two attached hydrogens (primary N) is 1. The lowest BCUT2D eigenvalue weighted by atomic mass is 9.99. The molecule has 0 saturated carbocycles. The number of methoxy groups -OCH3 is 1. The van der Waals surface area contributed by atoms with Gasteiger partial charge < -0.3 is 10.5 Å². The van der Waals surface area contributed by atoms with Gasteiger partial charge in [0.2, 0.25) is 0 Å². The van der Waals surface area contributed by atoms with E-state index in [9.17, 15) is 9.59 Å². The molecule has 0 spiro atoms. The van der Waals surface area contributed by atoms with Gasteiger partial charge in [-0.2, -0.15) is 9.36 Å². The van der Waals surface area contributed by atoms with Crippen molar-refractivity contribution in [2.24, 2.45) is 5.73 Å². The fraction of sp³-hybridized carbons (Fsp3) is 0.583. The molecule has 7 heteroatoms. The lowest BCUT2D eigenvalue weighted by Gasteiger charge is -2.18. The summed E-state index contributed by atoms with van der Waals surface area (Å²) in [5, 5.41) is 2.49. The largest absolute Gasteiger partial charge is 0.549 e. The van der Waals surface area contributed by atoms with Gasteiger partial charge in [0.15, 0.2) is 0 Å². The normalized spacial score (nSPS) is 14.5. The number of hydrogen-bond donors (Lipinski definition) is 1. The zero-order valence-electron chi connectivity index (χ0n) is 11.4. The predicted molar refractivity (Wildman–Crippen MR) is 67.2 cm³/mol. The third-order valence-corrected chi connectivity index (χ3v) is 2.79. The van der Waals surface area contributed by atoms with Gasteiger partial charge in [0, 0.05) is 13.3 Å². The SMILES string of the molecule is COC(=O)C(C)(N)CC=CCCn1c(C)[nH+]oc1=O. The number of carbonyl (C=O) groups is 1.